The minimum atomic E-state index is 0.590. The van der Waals surface area contributed by atoms with Crippen molar-refractivity contribution >= 4 is 0 Å². The van der Waals surface area contributed by atoms with Gasteiger partial charge in [-0.15, -0.1) is 0 Å². The molecule has 0 fully saturated rings. The molecule has 0 unspecified atom stereocenters. The average Bonchev–Trinajstić information content (AvgIpc) is 2.80. The van der Waals surface area contributed by atoms with Crippen LogP contribution in [0.3, 0.4) is 0 Å². The minimum absolute atomic E-state index is 0.590. The number of aryl methyl sites for hydroxylation is 3. The zero-order valence-electron chi connectivity index (χ0n) is 11.4. The molecule has 0 saturated carbocycles. The molecule has 19 heavy (non-hydrogen) atoms. The van der Waals surface area contributed by atoms with Crippen molar-refractivity contribution in [1.82, 2.24) is 4.98 Å². The molecule has 3 rings (SSSR count). The summed E-state index contributed by atoms with van der Waals surface area (Å²) in [5.41, 5.74) is 10.7. The Labute approximate surface area is 113 Å². The summed E-state index contributed by atoms with van der Waals surface area (Å²) in [4.78, 5) is 4.53. The summed E-state index contributed by atoms with van der Waals surface area (Å²) >= 11 is 0. The second-order valence-corrected chi connectivity index (χ2v) is 5.23. The van der Waals surface area contributed by atoms with E-state index in [1.165, 1.54) is 42.4 Å². The first-order valence-corrected chi connectivity index (χ1v) is 7.06. The quantitative estimate of drug-likeness (QED) is 0.918. The van der Waals surface area contributed by atoms with E-state index in [-0.39, 0.29) is 0 Å². The lowest BCUT2D eigenvalue weighted by atomic mass is 9.90. The molecule has 0 bridgehead atoms. The molecule has 1 heterocycles. The first kappa shape index (κ1) is 12.4. The van der Waals surface area contributed by atoms with Crippen molar-refractivity contribution in [1.29, 1.82) is 0 Å². The number of rotatable bonds is 3. The van der Waals surface area contributed by atoms with E-state index in [1.54, 1.807) is 0 Å². The molecular weight excluding hydrogens is 236 g/mol. The van der Waals surface area contributed by atoms with Crippen molar-refractivity contribution in [2.75, 3.05) is 6.54 Å². The van der Waals surface area contributed by atoms with Crippen LogP contribution in [0.5, 0.6) is 0 Å². The minimum Gasteiger partial charge on any atom is -0.445 e. The number of fused-ring (bicyclic) bond motifs is 1. The van der Waals surface area contributed by atoms with Crippen LogP contribution in [0.1, 0.15) is 35.6 Å². The summed E-state index contributed by atoms with van der Waals surface area (Å²) in [6, 6.07) is 6.70. The van der Waals surface area contributed by atoms with Crippen molar-refractivity contribution in [2.24, 2.45) is 5.73 Å². The van der Waals surface area contributed by atoms with Crippen LogP contribution in [0.15, 0.2) is 22.6 Å². The van der Waals surface area contributed by atoms with Crippen LogP contribution in [-0.2, 0) is 19.3 Å². The Kier molecular flexibility index (Phi) is 3.38. The number of oxazole rings is 1. The Hall–Kier alpha value is -1.61. The van der Waals surface area contributed by atoms with Crippen molar-refractivity contribution in [3.63, 3.8) is 0 Å². The van der Waals surface area contributed by atoms with Gasteiger partial charge < -0.3 is 10.2 Å². The molecule has 3 heteroatoms. The van der Waals surface area contributed by atoms with Crippen LogP contribution in [0.4, 0.5) is 0 Å². The lowest BCUT2D eigenvalue weighted by Crippen LogP contribution is -2.04. The van der Waals surface area contributed by atoms with Crippen LogP contribution in [-0.4, -0.2) is 11.5 Å². The number of hydrogen-bond acceptors (Lipinski definition) is 3. The molecule has 1 aliphatic rings. The maximum atomic E-state index is 5.66. The third-order valence-electron chi connectivity index (χ3n) is 3.80. The van der Waals surface area contributed by atoms with Gasteiger partial charge >= 0.3 is 0 Å². The van der Waals surface area contributed by atoms with Gasteiger partial charge in [-0.05, 0) is 49.4 Å². The summed E-state index contributed by atoms with van der Waals surface area (Å²) in [6.45, 7) is 2.48. The SMILES string of the molecule is Cc1nc(-c2ccc3c(c2)CCCC3)c(CCN)o1. The topological polar surface area (TPSA) is 52.0 Å². The highest BCUT2D eigenvalue weighted by atomic mass is 16.4. The van der Waals surface area contributed by atoms with Gasteiger partial charge in [0, 0.05) is 18.9 Å². The predicted octanol–water partition coefficient (Wildman–Crippen LogP) is 3.03. The third-order valence-corrected chi connectivity index (χ3v) is 3.80. The molecule has 0 aliphatic heterocycles. The van der Waals surface area contributed by atoms with E-state index >= 15 is 0 Å². The molecule has 0 saturated heterocycles. The predicted molar refractivity (Wildman–Crippen MR) is 76.1 cm³/mol. The lowest BCUT2D eigenvalue weighted by Gasteiger charge is -2.16. The Balaban J connectivity index is 2.01. The number of hydrogen-bond donors (Lipinski definition) is 1. The normalized spacial score (nSPS) is 14.4. The number of benzene rings is 1. The van der Waals surface area contributed by atoms with Gasteiger partial charge in [-0.1, -0.05) is 12.1 Å². The van der Waals surface area contributed by atoms with E-state index in [9.17, 15) is 0 Å². The van der Waals surface area contributed by atoms with Gasteiger partial charge in [-0.25, -0.2) is 4.98 Å². The molecule has 100 valence electrons. The van der Waals surface area contributed by atoms with Crippen LogP contribution in [0.2, 0.25) is 0 Å². The molecule has 3 nitrogen and oxygen atoms in total. The molecule has 0 atom stereocenters. The van der Waals surface area contributed by atoms with Crippen LogP contribution < -0.4 is 5.73 Å². The average molecular weight is 256 g/mol. The molecule has 0 radical (unpaired) electrons. The van der Waals surface area contributed by atoms with Crippen molar-refractivity contribution in [3.05, 3.63) is 41.0 Å². The standard InChI is InChI=1S/C16H20N2O/c1-11-18-16(15(19-11)8-9-17)14-7-6-12-4-2-3-5-13(12)10-14/h6-7,10H,2-5,8-9,17H2,1H3. The van der Waals surface area contributed by atoms with Crippen LogP contribution in [0, 0.1) is 6.92 Å². The highest BCUT2D eigenvalue weighted by Gasteiger charge is 2.15. The monoisotopic (exact) mass is 256 g/mol. The lowest BCUT2D eigenvalue weighted by molar-refractivity contribution is 0.476. The van der Waals surface area contributed by atoms with Gasteiger partial charge in [0.1, 0.15) is 11.5 Å². The first-order chi connectivity index (χ1) is 9.28. The molecule has 1 aliphatic carbocycles. The fraction of sp³-hybridized carbons (Fsp3) is 0.438. The second kappa shape index (κ2) is 5.17. The smallest absolute Gasteiger partial charge is 0.191 e. The third kappa shape index (κ3) is 2.43. The van der Waals surface area contributed by atoms with Gasteiger partial charge in [0.05, 0.1) is 0 Å². The molecule has 0 amide bonds. The second-order valence-electron chi connectivity index (χ2n) is 5.23. The maximum Gasteiger partial charge on any atom is 0.191 e. The Bertz CT molecular complexity index is 586. The fourth-order valence-electron chi connectivity index (χ4n) is 2.88. The van der Waals surface area contributed by atoms with Gasteiger partial charge in [0.2, 0.25) is 0 Å². The van der Waals surface area contributed by atoms with Crippen molar-refractivity contribution in [2.45, 2.75) is 39.0 Å². The number of nitrogens with two attached hydrogens (primary N) is 1. The van der Waals surface area contributed by atoms with Gasteiger partial charge in [0.25, 0.3) is 0 Å². The van der Waals surface area contributed by atoms with E-state index < -0.39 is 0 Å². The zero-order chi connectivity index (χ0) is 13.2. The molecule has 2 aromatic rings. The summed E-state index contributed by atoms with van der Waals surface area (Å²) < 4.78 is 5.66. The number of nitrogens with zero attached hydrogens (tertiary/aromatic N) is 1. The molecule has 2 N–H and O–H groups in total. The Morgan fingerprint density at radius 2 is 2.00 bits per heavy atom. The fourth-order valence-corrected chi connectivity index (χ4v) is 2.88. The van der Waals surface area contributed by atoms with E-state index in [4.69, 9.17) is 10.2 Å². The van der Waals surface area contributed by atoms with E-state index in [0.717, 1.165) is 23.8 Å². The molecule has 1 aromatic heterocycles. The summed E-state index contributed by atoms with van der Waals surface area (Å²) in [6.07, 6.45) is 5.75. The molecule has 0 spiro atoms. The van der Waals surface area contributed by atoms with E-state index in [1.807, 2.05) is 6.92 Å². The maximum absolute atomic E-state index is 5.66. The van der Waals surface area contributed by atoms with E-state index in [2.05, 4.69) is 23.2 Å². The Morgan fingerprint density at radius 1 is 1.21 bits per heavy atom. The summed E-state index contributed by atoms with van der Waals surface area (Å²) in [5.74, 6) is 1.63. The van der Waals surface area contributed by atoms with Gasteiger partial charge in [-0.3, -0.25) is 0 Å². The highest BCUT2D eigenvalue weighted by Crippen LogP contribution is 2.29. The highest BCUT2D eigenvalue weighted by molar-refractivity contribution is 5.63. The van der Waals surface area contributed by atoms with E-state index in [0.29, 0.717) is 6.54 Å². The van der Waals surface area contributed by atoms with Crippen molar-refractivity contribution < 1.29 is 4.42 Å². The first-order valence-electron chi connectivity index (χ1n) is 7.06. The largest absolute Gasteiger partial charge is 0.445 e. The van der Waals surface area contributed by atoms with Gasteiger partial charge in [0.15, 0.2) is 5.89 Å². The zero-order valence-corrected chi connectivity index (χ0v) is 11.4. The van der Waals surface area contributed by atoms with Crippen molar-refractivity contribution in [3.8, 4) is 11.3 Å². The summed E-state index contributed by atoms with van der Waals surface area (Å²) in [7, 11) is 0. The van der Waals surface area contributed by atoms with Gasteiger partial charge in [-0.2, -0.15) is 0 Å². The Morgan fingerprint density at radius 3 is 2.79 bits per heavy atom. The summed E-state index contributed by atoms with van der Waals surface area (Å²) in [5, 5.41) is 0. The molecule has 1 aromatic carbocycles. The number of aromatic nitrogens is 1. The van der Waals surface area contributed by atoms with Crippen LogP contribution in [0.25, 0.3) is 11.3 Å². The van der Waals surface area contributed by atoms with Crippen LogP contribution >= 0.6 is 0 Å². The molecular formula is C16H20N2O.